The predicted molar refractivity (Wildman–Crippen MR) is 32.5 cm³/mol. The first-order valence-corrected chi connectivity index (χ1v) is 2.55. The molecule has 0 spiro atoms. The molecule has 0 aliphatic heterocycles. The van der Waals surface area contributed by atoms with Crippen molar-refractivity contribution >= 4 is 0 Å². The molecular formula is C6H9N2. The molecule has 0 amide bonds. The maximum absolute atomic E-state index is 4.04. The highest BCUT2D eigenvalue weighted by Gasteiger charge is 1.94. The van der Waals surface area contributed by atoms with E-state index in [9.17, 15) is 0 Å². The van der Waals surface area contributed by atoms with E-state index in [1.54, 1.807) is 0 Å². The van der Waals surface area contributed by atoms with Gasteiger partial charge < -0.3 is 4.98 Å². The van der Waals surface area contributed by atoms with Crippen LogP contribution in [0.1, 0.15) is 17.2 Å². The third-order valence-electron chi connectivity index (χ3n) is 1.10. The van der Waals surface area contributed by atoms with Crippen LogP contribution in [0.3, 0.4) is 0 Å². The van der Waals surface area contributed by atoms with E-state index in [1.165, 1.54) is 0 Å². The zero-order chi connectivity index (χ0) is 6.15. The third kappa shape index (κ3) is 0.735. The van der Waals surface area contributed by atoms with Crippen molar-refractivity contribution in [1.82, 2.24) is 9.97 Å². The molecule has 0 saturated heterocycles. The molecule has 0 aliphatic carbocycles. The Kier molecular flexibility index (Phi) is 1.08. The summed E-state index contributed by atoms with van der Waals surface area (Å²) in [4.78, 5) is 7.08. The zero-order valence-electron chi connectivity index (χ0n) is 5.15. The van der Waals surface area contributed by atoms with Crippen molar-refractivity contribution in [3.63, 3.8) is 0 Å². The van der Waals surface area contributed by atoms with E-state index in [4.69, 9.17) is 0 Å². The van der Waals surface area contributed by atoms with Crippen LogP contribution >= 0.6 is 0 Å². The number of rotatable bonds is 0. The maximum Gasteiger partial charge on any atom is 0.103 e. The number of hydrogen-bond donors (Lipinski definition) is 1. The standard InChI is InChI=1S/C6H9N2/c1-4-5(2)8-6(3)7-4/h1H2,2-3H3,(H,7,8). The summed E-state index contributed by atoms with van der Waals surface area (Å²) in [6, 6.07) is 0. The van der Waals surface area contributed by atoms with Crippen LogP contribution in [-0.2, 0) is 0 Å². The van der Waals surface area contributed by atoms with Crippen LogP contribution < -0.4 is 0 Å². The minimum absolute atomic E-state index is 0.850. The minimum Gasteiger partial charge on any atom is -0.346 e. The fourth-order valence-corrected chi connectivity index (χ4v) is 0.658. The summed E-state index contributed by atoms with van der Waals surface area (Å²) < 4.78 is 0. The number of nitrogens with one attached hydrogen (secondary N) is 1. The van der Waals surface area contributed by atoms with Gasteiger partial charge in [0.05, 0.1) is 5.69 Å². The van der Waals surface area contributed by atoms with Gasteiger partial charge in [-0.25, -0.2) is 4.98 Å². The monoisotopic (exact) mass is 109 g/mol. The molecule has 0 fully saturated rings. The van der Waals surface area contributed by atoms with Crippen molar-refractivity contribution in [1.29, 1.82) is 0 Å². The van der Waals surface area contributed by atoms with Crippen molar-refractivity contribution in [2.24, 2.45) is 0 Å². The van der Waals surface area contributed by atoms with Gasteiger partial charge in [0.2, 0.25) is 0 Å². The van der Waals surface area contributed by atoms with Gasteiger partial charge in [0, 0.05) is 5.69 Å². The lowest BCUT2D eigenvalue weighted by molar-refractivity contribution is 1.13. The molecule has 0 unspecified atom stereocenters. The summed E-state index contributed by atoms with van der Waals surface area (Å²) in [7, 11) is 0. The van der Waals surface area contributed by atoms with E-state index in [0.717, 1.165) is 17.2 Å². The molecular weight excluding hydrogens is 100 g/mol. The highest BCUT2D eigenvalue weighted by atomic mass is 14.9. The van der Waals surface area contributed by atoms with Gasteiger partial charge in [0.25, 0.3) is 0 Å². The molecule has 2 nitrogen and oxygen atoms in total. The quantitative estimate of drug-likeness (QED) is 0.533. The van der Waals surface area contributed by atoms with Gasteiger partial charge in [-0.1, -0.05) is 0 Å². The summed E-state index contributed by atoms with van der Waals surface area (Å²) in [6.07, 6.45) is 0. The Hall–Kier alpha value is -0.790. The number of nitrogens with zero attached hydrogens (tertiary/aromatic N) is 1. The molecule has 1 N–H and O–H groups in total. The summed E-state index contributed by atoms with van der Waals surface area (Å²) in [6.45, 7) is 7.58. The van der Waals surface area contributed by atoms with Crippen LogP contribution in [0.25, 0.3) is 0 Å². The summed E-state index contributed by atoms with van der Waals surface area (Å²) in [5, 5.41) is 0. The largest absolute Gasteiger partial charge is 0.346 e. The molecule has 2 heteroatoms. The highest BCUT2D eigenvalue weighted by Crippen LogP contribution is 1.99. The van der Waals surface area contributed by atoms with E-state index in [0.29, 0.717) is 0 Å². The Bertz CT molecular complexity index is 169. The van der Waals surface area contributed by atoms with Crippen LogP contribution in [0.15, 0.2) is 0 Å². The van der Waals surface area contributed by atoms with Crippen molar-refractivity contribution in [2.75, 3.05) is 0 Å². The zero-order valence-corrected chi connectivity index (χ0v) is 5.15. The first kappa shape index (κ1) is 5.35. The molecule has 1 aromatic rings. The Morgan fingerprint density at radius 1 is 1.50 bits per heavy atom. The fraction of sp³-hybridized carbons (Fsp3) is 0.333. The summed E-state index contributed by atoms with van der Waals surface area (Å²) in [5.74, 6) is 0.938. The Labute approximate surface area is 49.0 Å². The first-order valence-electron chi connectivity index (χ1n) is 2.55. The number of aryl methyl sites for hydroxylation is 2. The highest BCUT2D eigenvalue weighted by molar-refractivity contribution is 5.14. The molecule has 1 radical (unpaired) electrons. The SMILES string of the molecule is [CH2]c1nc(C)[nH]c1C. The van der Waals surface area contributed by atoms with E-state index in [-0.39, 0.29) is 0 Å². The average molecular weight is 109 g/mol. The molecule has 0 bridgehead atoms. The molecule has 0 atom stereocenters. The predicted octanol–water partition coefficient (Wildman–Crippen LogP) is 1.21. The number of aromatic amines is 1. The molecule has 1 rings (SSSR count). The minimum atomic E-state index is 0.850. The lowest BCUT2D eigenvalue weighted by Gasteiger charge is -1.79. The van der Waals surface area contributed by atoms with Crippen molar-refractivity contribution in [3.8, 4) is 0 Å². The van der Waals surface area contributed by atoms with Gasteiger partial charge in [-0.15, -0.1) is 0 Å². The van der Waals surface area contributed by atoms with Gasteiger partial charge in [-0.2, -0.15) is 0 Å². The second-order valence-corrected chi connectivity index (χ2v) is 1.89. The first-order chi connectivity index (χ1) is 3.70. The second kappa shape index (κ2) is 1.62. The van der Waals surface area contributed by atoms with Crippen molar-refractivity contribution < 1.29 is 0 Å². The van der Waals surface area contributed by atoms with E-state index in [2.05, 4.69) is 16.9 Å². The van der Waals surface area contributed by atoms with Gasteiger partial charge in [-0.05, 0) is 20.8 Å². The smallest absolute Gasteiger partial charge is 0.103 e. The van der Waals surface area contributed by atoms with Gasteiger partial charge in [0.1, 0.15) is 5.82 Å². The van der Waals surface area contributed by atoms with E-state index >= 15 is 0 Å². The number of imidazole rings is 1. The average Bonchev–Trinajstić information content (AvgIpc) is 1.85. The molecule has 1 heterocycles. The fourth-order valence-electron chi connectivity index (χ4n) is 0.658. The van der Waals surface area contributed by atoms with E-state index < -0.39 is 0 Å². The summed E-state index contributed by atoms with van der Waals surface area (Å²) in [5.41, 5.74) is 1.91. The number of hydrogen-bond acceptors (Lipinski definition) is 1. The van der Waals surface area contributed by atoms with Crippen LogP contribution in [0.4, 0.5) is 0 Å². The van der Waals surface area contributed by atoms with Crippen LogP contribution in [0.2, 0.25) is 0 Å². The molecule has 8 heavy (non-hydrogen) atoms. The Balaban J connectivity index is 3.14. The molecule has 43 valence electrons. The lowest BCUT2D eigenvalue weighted by atomic mass is 10.4. The Morgan fingerprint density at radius 2 is 2.12 bits per heavy atom. The molecule has 1 aromatic heterocycles. The summed E-state index contributed by atoms with van der Waals surface area (Å²) >= 11 is 0. The normalized spacial score (nSPS) is 9.88. The third-order valence-corrected chi connectivity index (χ3v) is 1.10. The van der Waals surface area contributed by atoms with E-state index in [1.807, 2.05) is 13.8 Å². The van der Waals surface area contributed by atoms with Crippen LogP contribution in [0.5, 0.6) is 0 Å². The van der Waals surface area contributed by atoms with Gasteiger partial charge in [-0.3, -0.25) is 0 Å². The number of aromatic nitrogens is 2. The van der Waals surface area contributed by atoms with Gasteiger partial charge >= 0.3 is 0 Å². The van der Waals surface area contributed by atoms with Crippen molar-refractivity contribution in [2.45, 2.75) is 13.8 Å². The topological polar surface area (TPSA) is 28.7 Å². The maximum atomic E-state index is 4.04. The van der Waals surface area contributed by atoms with Crippen LogP contribution in [0, 0.1) is 20.8 Å². The molecule has 0 aromatic carbocycles. The number of H-pyrrole nitrogens is 1. The lowest BCUT2D eigenvalue weighted by Crippen LogP contribution is -1.71. The van der Waals surface area contributed by atoms with Crippen LogP contribution in [-0.4, -0.2) is 9.97 Å². The van der Waals surface area contributed by atoms with Gasteiger partial charge in [0.15, 0.2) is 0 Å². The molecule has 0 saturated carbocycles. The molecule has 0 aliphatic rings. The van der Waals surface area contributed by atoms with Crippen molar-refractivity contribution in [3.05, 3.63) is 24.1 Å². The second-order valence-electron chi connectivity index (χ2n) is 1.89. The Morgan fingerprint density at radius 3 is 2.25 bits per heavy atom.